The molecule has 8 heteroatoms. The Bertz CT molecular complexity index is 1190. The average molecular weight is 401 g/mol. The molecule has 0 radical (unpaired) electrons. The molecule has 0 fully saturated rings. The molecule has 0 saturated heterocycles. The minimum Gasteiger partial charge on any atom is -0.507 e. The molecule has 0 spiro atoms. The Morgan fingerprint density at radius 2 is 2.00 bits per heavy atom. The predicted molar refractivity (Wildman–Crippen MR) is 103 cm³/mol. The first-order valence-corrected chi connectivity index (χ1v) is 10.4. The van der Waals surface area contributed by atoms with Gasteiger partial charge in [-0.25, -0.2) is 13.2 Å². The molecule has 1 aliphatic rings. The van der Waals surface area contributed by atoms with Gasteiger partial charge in [0.2, 0.25) is 0 Å². The highest BCUT2D eigenvalue weighted by molar-refractivity contribution is 7.92. The molecule has 0 saturated carbocycles. The van der Waals surface area contributed by atoms with E-state index in [9.17, 15) is 18.3 Å². The molecule has 146 valence electrons. The number of phenols is 1. The second-order valence-electron chi connectivity index (χ2n) is 7.15. The van der Waals surface area contributed by atoms with Gasteiger partial charge in [0.25, 0.3) is 10.0 Å². The van der Waals surface area contributed by atoms with Gasteiger partial charge in [0, 0.05) is 23.1 Å². The Morgan fingerprint density at radius 3 is 2.75 bits per heavy atom. The Labute approximate surface area is 161 Å². The smallest absolute Gasteiger partial charge is 0.339 e. The minimum absolute atomic E-state index is 0.245. The van der Waals surface area contributed by atoms with Crippen LogP contribution in [0.3, 0.4) is 0 Å². The van der Waals surface area contributed by atoms with Gasteiger partial charge in [0.1, 0.15) is 22.7 Å². The molecule has 3 aromatic rings. The number of aromatic hydroxyl groups is 1. The molecule has 1 atom stereocenters. The van der Waals surface area contributed by atoms with Crippen molar-refractivity contribution in [3.63, 3.8) is 0 Å². The minimum atomic E-state index is -4.02. The fourth-order valence-corrected chi connectivity index (χ4v) is 4.66. The summed E-state index contributed by atoms with van der Waals surface area (Å²) in [6.07, 6.45) is 2.83. The van der Waals surface area contributed by atoms with E-state index in [-0.39, 0.29) is 4.90 Å². The fourth-order valence-electron chi connectivity index (χ4n) is 3.58. The Kier molecular flexibility index (Phi) is 4.30. The number of rotatable bonds is 4. The fraction of sp³-hybridized carbons (Fsp3) is 0.250. The summed E-state index contributed by atoms with van der Waals surface area (Å²) in [6.45, 7) is 2.18. The molecule has 0 amide bonds. The molecule has 7 nitrogen and oxygen atoms in total. The number of benzene rings is 2. The summed E-state index contributed by atoms with van der Waals surface area (Å²) in [7, 11) is -4.02. The third-order valence-electron chi connectivity index (χ3n) is 5.05. The molecule has 4 rings (SSSR count). The number of fused-ring (bicyclic) bond motifs is 3. The quantitative estimate of drug-likeness (QED) is 0.613. The number of nitrogens with one attached hydrogen (secondary N) is 1. The first-order chi connectivity index (χ1) is 13.2. The zero-order valence-electron chi connectivity index (χ0n) is 15.1. The van der Waals surface area contributed by atoms with Gasteiger partial charge in [0.15, 0.2) is 0 Å². The van der Waals surface area contributed by atoms with E-state index in [0.29, 0.717) is 11.6 Å². The highest BCUT2D eigenvalue weighted by Crippen LogP contribution is 2.35. The van der Waals surface area contributed by atoms with Crippen LogP contribution in [0, 0.1) is 5.92 Å². The summed E-state index contributed by atoms with van der Waals surface area (Å²) >= 11 is 0. The number of furan rings is 1. The van der Waals surface area contributed by atoms with Crippen molar-refractivity contribution < 1.29 is 27.8 Å². The highest BCUT2D eigenvalue weighted by atomic mass is 32.2. The van der Waals surface area contributed by atoms with Crippen LogP contribution in [-0.4, -0.2) is 24.6 Å². The topological polar surface area (TPSA) is 117 Å². The second kappa shape index (κ2) is 6.56. The van der Waals surface area contributed by atoms with Crippen LogP contribution in [0.15, 0.2) is 45.7 Å². The maximum absolute atomic E-state index is 12.7. The van der Waals surface area contributed by atoms with Gasteiger partial charge in [-0.3, -0.25) is 4.72 Å². The third kappa shape index (κ3) is 3.20. The van der Waals surface area contributed by atoms with E-state index in [1.165, 1.54) is 0 Å². The Morgan fingerprint density at radius 1 is 1.21 bits per heavy atom. The van der Waals surface area contributed by atoms with Crippen molar-refractivity contribution in [1.82, 2.24) is 0 Å². The zero-order valence-corrected chi connectivity index (χ0v) is 15.9. The SMILES string of the molecule is CC1CCc2oc3ccc(NS(=O)(=O)c4ccc(O)c(C(=O)O)c4)cc3c2C1. The number of sulfonamides is 1. The van der Waals surface area contributed by atoms with Crippen LogP contribution in [0.2, 0.25) is 0 Å². The number of aryl methyl sites for hydroxylation is 1. The van der Waals surface area contributed by atoms with Crippen molar-refractivity contribution in [3.05, 3.63) is 53.3 Å². The van der Waals surface area contributed by atoms with Gasteiger partial charge in [-0.1, -0.05) is 6.92 Å². The van der Waals surface area contributed by atoms with Crippen LogP contribution in [0.4, 0.5) is 5.69 Å². The van der Waals surface area contributed by atoms with Crippen molar-refractivity contribution in [2.24, 2.45) is 5.92 Å². The molecule has 1 aromatic heterocycles. The molecule has 0 aliphatic heterocycles. The largest absolute Gasteiger partial charge is 0.507 e. The van der Waals surface area contributed by atoms with E-state index < -0.39 is 27.3 Å². The summed E-state index contributed by atoms with van der Waals surface area (Å²) in [4.78, 5) is 10.9. The van der Waals surface area contributed by atoms with E-state index in [1.54, 1.807) is 18.2 Å². The van der Waals surface area contributed by atoms with Crippen LogP contribution in [0.25, 0.3) is 11.0 Å². The van der Waals surface area contributed by atoms with Gasteiger partial charge in [0.05, 0.1) is 4.90 Å². The molecule has 2 aromatic carbocycles. The van der Waals surface area contributed by atoms with Crippen LogP contribution < -0.4 is 4.72 Å². The van der Waals surface area contributed by atoms with Crippen molar-refractivity contribution in [2.75, 3.05) is 4.72 Å². The number of carboxylic acid groups (broad SMARTS) is 1. The lowest BCUT2D eigenvalue weighted by atomic mass is 9.88. The second-order valence-corrected chi connectivity index (χ2v) is 8.83. The summed E-state index contributed by atoms with van der Waals surface area (Å²) in [5.74, 6) is -0.403. The lowest BCUT2D eigenvalue weighted by molar-refractivity contribution is 0.0693. The molecule has 1 heterocycles. The van der Waals surface area contributed by atoms with Crippen molar-refractivity contribution >= 4 is 32.6 Å². The first-order valence-electron chi connectivity index (χ1n) is 8.88. The van der Waals surface area contributed by atoms with Crippen molar-refractivity contribution in [3.8, 4) is 5.75 Å². The Hall–Kier alpha value is -3.00. The van der Waals surface area contributed by atoms with Gasteiger partial charge < -0.3 is 14.6 Å². The lowest BCUT2D eigenvalue weighted by Crippen LogP contribution is -2.14. The highest BCUT2D eigenvalue weighted by Gasteiger charge is 2.23. The summed E-state index contributed by atoms with van der Waals surface area (Å²) < 4.78 is 33.8. The number of carboxylic acids is 1. The standard InChI is InChI=1S/C20H19NO6S/c1-11-2-6-18-14(8-11)15-9-12(3-7-19(15)27-18)21-28(25,26)13-4-5-17(22)16(10-13)20(23)24/h3-5,7,9-11,21-22H,2,6,8H2,1H3,(H,23,24). The van der Waals surface area contributed by atoms with E-state index in [2.05, 4.69) is 11.6 Å². The molecule has 3 N–H and O–H groups in total. The normalized spacial score (nSPS) is 16.7. The van der Waals surface area contributed by atoms with E-state index in [0.717, 1.165) is 59.8 Å². The number of aromatic carboxylic acids is 1. The van der Waals surface area contributed by atoms with E-state index in [1.807, 2.05) is 0 Å². The van der Waals surface area contributed by atoms with Crippen LogP contribution in [0.1, 0.15) is 35.0 Å². The third-order valence-corrected chi connectivity index (χ3v) is 6.43. The maximum atomic E-state index is 12.7. The number of carbonyl (C=O) groups is 1. The van der Waals surface area contributed by atoms with Crippen molar-refractivity contribution in [1.29, 1.82) is 0 Å². The van der Waals surface area contributed by atoms with Gasteiger partial charge in [-0.15, -0.1) is 0 Å². The number of hydrogen-bond donors (Lipinski definition) is 3. The Balaban J connectivity index is 1.70. The molecular weight excluding hydrogens is 382 g/mol. The van der Waals surface area contributed by atoms with E-state index >= 15 is 0 Å². The molecule has 28 heavy (non-hydrogen) atoms. The summed E-state index contributed by atoms with van der Waals surface area (Å²) in [5, 5.41) is 19.6. The van der Waals surface area contributed by atoms with Crippen molar-refractivity contribution in [2.45, 2.75) is 31.1 Å². The lowest BCUT2D eigenvalue weighted by Gasteiger charge is -2.16. The van der Waals surface area contributed by atoms with Gasteiger partial charge in [-0.2, -0.15) is 0 Å². The van der Waals surface area contributed by atoms with Crippen LogP contribution in [0.5, 0.6) is 5.75 Å². The first kappa shape index (κ1) is 18.4. The molecule has 0 bridgehead atoms. The number of anilines is 1. The molecular formula is C20H19NO6S. The summed E-state index contributed by atoms with van der Waals surface area (Å²) in [5.41, 5.74) is 1.72. The molecule has 1 aliphatic carbocycles. The predicted octanol–water partition coefficient (Wildman–Crippen LogP) is 3.76. The number of hydrogen-bond acceptors (Lipinski definition) is 5. The monoisotopic (exact) mass is 401 g/mol. The zero-order chi connectivity index (χ0) is 20.1. The average Bonchev–Trinajstić information content (AvgIpc) is 2.98. The maximum Gasteiger partial charge on any atom is 0.339 e. The van der Waals surface area contributed by atoms with E-state index in [4.69, 9.17) is 9.52 Å². The van der Waals surface area contributed by atoms with Crippen LogP contribution >= 0.6 is 0 Å². The summed E-state index contributed by atoms with van der Waals surface area (Å²) in [6, 6.07) is 8.22. The van der Waals surface area contributed by atoms with Gasteiger partial charge in [-0.05, 0) is 55.2 Å². The van der Waals surface area contributed by atoms with Crippen LogP contribution in [-0.2, 0) is 22.9 Å². The van der Waals surface area contributed by atoms with Gasteiger partial charge >= 0.3 is 5.97 Å². The molecule has 1 unspecified atom stereocenters.